The number of benzene rings is 3. The first kappa shape index (κ1) is 23.5. The average Bonchev–Trinajstić information content (AvgIpc) is 3.14. The average molecular weight is 496 g/mol. The number of sulfonamides is 1. The van der Waals surface area contributed by atoms with Crippen LogP contribution in [0.1, 0.15) is 21.5 Å². The summed E-state index contributed by atoms with van der Waals surface area (Å²) in [5.74, 6) is -0.452. The van der Waals surface area contributed by atoms with E-state index in [0.29, 0.717) is 16.9 Å². The Kier molecular flexibility index (Phi) is 6.71. The minimum Gasteiger partial charge on any atom is -0.322 e. The number of rotatable bonds is 7. The third-order valence-electron chi connectivity index (χ3n) is 5.21. The summed E-state index contributed by atoms with van der Waals surface area (Å²) in [6.45, 7) is 1.99. The van der Waals surface area contributed by atoms with E-state index >= 15 is 0 Å². The number of para-hydroxylation sites is 1. The molecular weight excluding hydrogens is 474 g/mol. The molecule has 1 aliphatic heterocycles. The predicted molar refractivity (Wildman–Crippen MR) is 131 cm³/mol. The second-order valence-electron chi connectivity index (χ2n) is 7.63. The van der Waals surface area contributed by atoms with Crippen LogP contribution in [0.4, 0.5) is 16.2 Å². The summed E-state index contributed by atoms with van der Waals surface area (Å²) in [7, 11) is -3.79. The monoisotopic (exact) mass is 495 g/mol. The fourth-order valence-electron chi connectivity index (χ4n) is 3.29. The van der Waals surface area contributed by atoms with Crippen molar-refractivity contribution in [1.29, 1.82) is 0 Å². The van der Waals surface area contributed by atoms with Gasteiger partial charge in [-0.2, -0.15) is 0 Å². The fraction of sp³-hybridized carbons (Fsp3) is 0.125. The molecule has 0 aliphatic carbocycles. The number of thioether (sulfide) groups is 1. The molecule has 3 aromatic rings. The lowest BCUT2D eigenvalue weighted by Crippen LogP contribution is -2.27. The molecule has 0 bridgehead atoms. The SMILES string of the molecule is Cc1ccccc1NS(=O)(=O)c1ccc(C(=O)Nc2ccc(CN3C(=O)CSC3=O)cc2)cc1. The van der Waals surface area contributed by atoms with Gasteiger partial charge >= 0.3 is 0 Å². The first-order valence-corrected chi connectivity index (χ1v) is 12.8. The lowest BCUT2D eigenvalue weighted by Gasteiger charge is -2.13. The highest BCUT2D eigenvalue weighted by Crippen LogP contribution is 2.23. The van der Waals surface area contributed by atoms with E-state index in [1.54, 1.807) is 36.4 Å². The van der Waals surface area contributed by atoms with Crippen LogP contribution in [0, 0.1) is 6.92 Å². The zero-order valence-electron chi connectivity index (χ0n) is 18.1. The summed E-state index contributed by atoms with van der Waals surface area (Å²) < 4.78 is 27.9. The highest BCUT2D eigenvalue weighted by Gasteiger charge is 2.29. The van der Waals surface area contributed by atoms with Crippen molar-refractivity contribution in [3.8, 4) is 0 Å². The number of hydrogen-bond acceptors (Lipinski definition) is 6. The summed E-state index contributed by atoms with van der Waals surface area (Å²) in [6, 6.07) is 19.5. The molecule has 0 spiro atoms. The number of anilines is 2. The molecule has 3 amide bonds. The minimum atomic E-state index is -3.79. The zero-order valence-corrected chi connectivity index (χ0v) is 19.8. The number of carbonyl (C=O) groups is 3. The molecule has 0 atom stereocenters. The number of aryl methyl sites for hydroxylation is 1. The van der Waals surface area contributed by atoms with E-state index in [-0.39, 0.29) is 28.3 Å². The predicted octanol–water partition coefficient (Wildman–Crippen LogP) is 4.24. The molecule has 10 heteroatoms. The smallest absolute Gasteiger partial charge is 0.289 e. The van der Waals surface area contributed by atoms with Crippen LogP contribution >= 0.6 is 11.8 Å². The molecule has 1 heterocycles. The Labute approximate surface area is 201 Å². The maximum absolute atomic E-state index is 12.7. The maximum Gasteiger partial charge on any atom is 0.289 e. The summed E-state index contributed by atoms with van der Waals surface area (Å²) >= 11 is 0.984. The van der Waals surface area contributed by atoms with Crippen molar-refractivity contribution >= 4 is 50.2 Å². The number of carbonyl (C=O) groups excluding carboxylic acids is 3. The standard InChI is InChI=1S/C24H21N3O5S2/c1-16-4-2-3-5-21(16)26-34(31,32)20-12-8-18(9-13-20)23(29)25-19-10-6-17(7-11-19)14-27-22(28)15-33-24(27)30/h2-13,26H,14-15H2,1H3,(H,25,29). The van der Waals surface area contributed by atoms with Crippen LogP contribution in [-0.4, -0.2) is 36.1 Å². The Bertz CT molecular complexity index is 1340. The van der Waals surface area contributed by atoms with E-state index in [4.69, 9.17) is 0 Å². The van der Waals surface area contributed by atoms with E-state index in [1.165, 1.54) is 29.2 Å². The van der Waals surface area contributed by atoms with Crippen LogP contribution in [-0.2, 0) is 21.4 Å². The minimum absolute atomic E-state index is 0.0424. The van der Waals surface area contributed by atoms with Gasteiger partial charge in [-0.3, -0.25) is 24.0 Å². The Morgan fingerprint density at radius 1 is 0.971 bits per heavy atom. The first-order valence-electron chi connectivity index (χ1n) is 10.3. The van der Waals surface area contributed by atoms with Crippen molar-refractivity contribution in [2.45, 2.75) is 18.4 Å². The Hall–Kier alpha value is -3.63. The van der Waals surface area contributed by atoms with Gasteiger partial charge < -0.3 is 5.32 Å². The maximum atomic E-state index is 12.7. The van der Waals surface area contributed by atoms with E-state index in [2.05, 4.69) is 10.0 Å². The van der Waals surface area contributed by atoms with Gasteiger partial charge in [0, 0.05) is 11.3 Å². The normalized spacial score (nSPS) is 13.7. The molecule has 1 saturated heterocycles. The van der Waals surface area contributed by atoms with Gasteiger partial charge in [-0.15, -0.1) is 0 Å². The molecule has 1 aliphatic rings. The molecule has 0 radical (unpaired) electrons. The molecule has 0 unspecified atom stereocenters. The molecule has 0 saturated carbocycles. The number of imide groups is 1. The highest BCUT2D eigenvalue weighted by atomic mass is 32.2. The van der Waals surface area contributed by atoms with Crippen molar-refractivity contribution < 1.29 is 22.8 Å². The Balaban J connectivity index is 1.39. The molecule has 3 aromatic carbocycles. The van der Waals surface area contributed by atoms with Gasteiger partial charge in [0.05, 0.1) is 22.9 Å². The van der Waals surface area contributed by atoms with Crippen LogP contribution < -0.4 is 10.0 Å². The van der Waals surface area contributed by atoms with E-state index in [9.17, 15) is 22.8 Å². The van der Waals surface area contributed by atoms with Gasteiger partial charge in [0.25, 0.3) is 21.2 Å². The zero-order chi connectivity index (χ0) is 24.3. The quantitative estimate of drug-likeness (QED) is 0.507. The molecule has 0 aromatic heterocycles. The largest absolute Gasteiger partial charge is 0.322 e. The molecule has 34 heavy (non-hydrogen) atoms. The molecule has 2 N–H and O–H groups in total. The molecule has 174 valence electrons. The van der Waals surface area contributed by atoms with Crippen LogP contribution in [0.25, 0.3) is 0 Å². The van der Waals surface area contributed by atoms with Crippen LogP contribution in [0.3, 0.4) is 0 Å². The second-order valence-corrected chi connectivity index (χ2v) is 10.2. The molecule has 4 rings (SSSR count). The number of hydrogen-bond donors (Lipinski definition) is 2. The van der Waals surface area contributed by atoms with Crippen molar-refractivity contribution in [2.24, 2.45) is 0 Å². The third-order valence-corrected chi connectivity index (χ3v) is 7.45. The van der Waals surface area contributed by atoms with Crippen LogP contribution in [0.5, 0.6) is 0 Å². The Morgan fingerprint density at radius 2 is 1.65 bits per heavy atom. The summed E-state index contributed by atoms with van der Waals surface area (Å²) in [5.41, 5.74) is 2.87. The topological polar surface area (TPSA) is 113 Å². The van der Waals surface area contributed by atoms with Gasteiger partial charge in [0.2, 0.25) is 5.91 Å². The van der Waals surface area contributed by atoms with Gasteiger partial charge in [0.15, 0.2) is 0 Å². The van der Waals surface area contributed by atoms with E-state index < -0.39 is 15.9 Å². The lowest BCUT2D eigenvalue weighted by molar-refractivity contribution is -0.125. The lowest BCUT2D eigenvalue weighted by atomic mass is 10.1. The summed E-state index contributed by atoms with van der Waals surface area (Å²) in [6.07, 6.45) is 0. The summed E-state index contributed by atoms with van der Waals surface area (Å²) in [4.78, 5) is 37.3. The van der Waals surface area contributed by atoms with Crippen molar-refractivity contribution in [2.75, 3.05) is 15.8 Å². The van der Waals surface area contributed by atoms with Gasteiger partial charge in [-0.25, -0.2) is 8.42 Å². The van der Waals surface area contributed by atoms with Gasteiger partial charge in [0.1, 0.15) is 0 Å². The summed E-state index contributed by atoms with van der Waals surface area (Å²) in [5, 5.41) is 2.48. The third kappa shape index (κ3) is 5.29. The Morgan fingerprint density at radius 3 is 2.26 bits per heavy atom. The van der Waals surface area contributed by atoms with Crippen molar-refractivity contribution in [3.05, 3.63) is 89.5 Å². The van der Waals surface area contributed by atoms with Crippen molar-refractivity contribution in [1.82, 2.24) is 4.90 Å². The number of amides is 3. The highest BCUT2D eigenvalue weighted by molar-refractivity contribution is 8.14. The second kappa shape index (κ2) is 9.70. The number of nitrogens with one attached hydrogen (secondary N) is 2. The first-order chi connectivity index (χ1) is 16.2. The van der Waals surface area contributed by atoms with Crippen molar-refractivity contribution in [3.63, 3.8) is 0 Å². The van der Waals surface area contributed by atoms with Crippen LogP contribution in [0.15, 0.2) is 77.7 Å². The number of nitrogens with zero attached hydrogens (tertiary/aromatic N) is 1. The van der Waals surface area contributed by atoms with Crippen LogP contribution in [0.2, 0.25) is 0 Å². The van der Waals surface area contributed by atoms with E-state index in [1.807, 2.05) is 19.1 Å². The fourth-order valence-corrected chi connectivity index (χ4v) is 5.15. The van der Waals surface area contributed by atoms with Gasteiger partial charge in [-0.05, 0) is 60.5 Å². The van der Waals surface area contributed by atoms with E-state index in [0.717, 1.165) is 22.9 Å². The molecule has 1 fully saturated rings. The molecule has 8 nitrogen and oxygen atoms in total. The molecular formula is C24H21N3O5S2. The van der Waals surface area contributed by atoms with Gasteiger partial charge in [-0.1, -0.05) is 42.1 Å².